The molecule has 2 rings (SSSR count). The minimum absolute atomic E-state index is 0.0589. The van der Waals surface area contributed by atoms with Crippen LogP contribution in [0, 0.1) is 11.8 Å². The number of rotatable bonds is 11. The molecule has 1 aromatic carbocycles. The highest BCUT2D eigenvalue weighted by molar-refractivity contribution is 5.89. The average molecular weight is 438 g/mol. The lowest BCUT2D eigenvalue weighted by Gasteiger charge is -2.33. The summed E-state index contributed by atoms with van der Waals surface area (Å²) >= 11 is 0. The Morgan fingerprint density at radius 1 is 1.26 bits per heavy atom. The van der Waals surface area contributed by atoms with Gasteiger partial charge in [0.15, 0.2) is 6.10 Å². The summed E-state index contributed by atoms with van der Waals surface area (Å²) in [5, 5.41) is 0. The lowest BCUT2D eigenvalue weighted by Crippen LogP contribution is -2.50. The summed E-state index contributed by atoms with van der Waals surface area (Å²) in [7, 11) is 1.55. The van der Waals surface area contributed by atoms with Crippen molar-refractivity contribution in [2.45, 2.75) is 71.3 Å². The van der Waals surface area contributed by atoms with E-state index in [0.29, 0.717) is 19.4 Å². The maximum absolute atomic E-state index is 13.6. The molecule has 0 saturated heterocycles. The molecular weight excluding hydrogens is 401 g/mol. The number of nitrogens with zero attached hydrogens (tertiary/aromatic N) is 1. The number of carbonyl (C=O) groups is 2. The Bertz CT molecular complexity index is 739. The molecule has 1 saturated carbocycles. The highest BCUT2D eigenvalue weighted by Crippen LogP contribution is 2.53. The first kappa shape index (κ1) is 25.1. The normalized spacial score (nSPS) is 21.5. The van der Waals surface area contributed by atoms with Gasteiger partial charge < -0.3 is 14.2 Å². The van der Waals surface area contributed by atoms with Crippen molar-refractivity contribution in [1.82, 2.24) is 4.90 Å². The molecule has 0 aliphatic heterocycles. The van der Waals surface area contributed by atoms with E-state index in [9.17, 15) is 14.0 Å². The molecule has 0 N–H and O–H groups in total. The molecule has 3 atom stereocenters. The van der Waals surface area contributed by atoms with Crippen molar-refractivity contribution < 1.29 is 28.2 Å². The molecule has 0 radical (unpaired) electrons. The Kier molecular flexibility index (Phi) is 8.46. The van der Waals surface area contributed by atoms with E-state index in [0.717, 1.165) is 5.56 Å². The molecule has 0 heterocycles. The van der Waals surface area contributed by atoms with Crippen molar-refractivity contribution >= 4 is 12.1 Å². The van der Waals surface area contributed by atoms with Crippen LogP contribution in [0.4, 0.5) is 9.18 Å². The Balaban J connectivity index is 2.03. The zero-order valence-electron chi connectivity index (χ0n) is 19.5. The van der Waals surface area contributed by atoms with Crippen molar-refractivity contribution in [3.63, 3.8) is 0 Å². The molecule has 1 amide bonds. The second-order valence-electron chi connectivity index (χ2n) is 9.20. The number of halogens is 1. The largest absolute Gasteiger partial charge is 0.455 e. The SMILES string of the molecule is CCC(C)(C)OC(=O)N(C)C1(C(=O)O[C@H](CF)COCc2ccccc2)CC1C(C)C. The van der Waals surface area contributed by atoms with E-state index in [1.807, 2.05) is 65.0 Å². The average Bonchev–Trinajstić information content (AvgIpc) is 3.50. The van der Waals surface area contributed by atoms with E-state index in [-0.39, 0.29) is 18.4 Å². The summed E-state index contributed by atoms with van der Waals surface area (Å²) in [6.07, 6.45) is -0.506. The zero-order valence-corrected chi connectivity index (χ0v) is 19.5. The molecule has 6 nitrogen and oxygen atoms in total. The first-order chi connectivity index (χ1) is 14.6. The van der Waals surface area contributed by atoms with Gasteiger partial charge in [0.05, 0.1) is 13.2 Å². The van der Waals surface area contributed by atoms with Crippen LogP contribution >= 0.6 is 0 Å². The van der Waals surface area contributed by atoms with Gasteiger partial charge in [0.1, 0.15) is 17.8 Å². The summed E-state index contributed by atoms with van der Waals surface area (Å²) in [6.45, 7) is 8.92. The number of alkyl halides is 1. The second-order valence-corrected chi connectivity index (χ2v) is 9.20. The first-order valence-corrected chi connectivity index (χ1v) is 10.9. The highest BCUT2D eigenvalue weighted by Gasteiger charge is 2.67. The molecule has 0 spiro atoms. The lowest BCUT2D eigenvalue weighted by atomic mass is 10.0. The van der Waals surface area contributed by atoms with Gasteiger partial charge in [-0.05, 0) is 44.1 Å². The summed E-state index contributed by atoms with van der Waals surface area (Å²) in [5.41, 5.74) is -0.834. The van der Waals surface area contributed by atoms with Crippen molar-refractivity contribution in [3.8, 4) is 0 Å². The van der Waals surface area contributed by atoms with Crippen LogP contribution in [0.3, 0.4) is 0 Å². The number of amides is 1. The monoisotopic (exact) mass is 437 g/mol. The fourth-order valence-corrected chi connectivity index (χ4v) is 3.61. The van der Waals surface area contributed by atoms with Gasteiger partial charge in [-0.2, -0.15) is 0 Å². The minimum Gasteiger partial charge on any atom is -0.455 e. The van der Waals surface area contributed by atoms with Crippen LogP contribution in [-0.4, -0.2) is 54.5 Å². The predicted octanol–water partition coefficient (Wildman–Crippen LogP) is 4.76. The molecule has 2 unspecified atom stereocenters. The van der Waals surface area contributed by atoms with Crippen LogP contribution in [-0.2, 0) is 25.6 Å². The molecule has 7 heteroatoms. The molecule has 0 aromatic heterocycles. The molecule has 1 fully saturated rings. The van der Waals surface area contributed by atoms with E-state index >= 15 is 0 Å². The summed E-state index contributed by atoms with van der Waals surface area (Å²) < 4.78 is 30.2. The van der Waals surface area contributed by atoms with E-state index in [1.54, 1.807) is 7.05 Å². The molecule has 1 aliphatic rings. The van der Waals surface area contributed by atoms with E-state index in [1.165, 1.54) is 4.90 Å². The van der Waals surface area contributed by atoms with E-state index in [4.69, 9.17) is 14.2 Å². The predicted molar refractivity (Wildman–Crippen MR) is 116 cm³/mol. The van der Waals surface area contributed by atoms with Gasteiger partial charge >= 0.3 is 12.1 Å². The standard InChI is InChI=1S/C24H36FNO5/c1-7-23(4,5)31-22(28)26(6)24(13-20(24)17(2)3)21(27)30-19(14-25)16-29-15-18-11-9-8-10-12-18/h8-12,17,19-20H,7,13-16H2,1-6H3/t19-,20?,24?/m1/s1. The number of benzene rings is 1. The van der Waals surface area contributed by atoms with Gasteiger partial charge in [0, 0.05) is 7.05 Å². The Hall–Kier alpha value is -2.15. The number of likely N-dealkylation sites (N-methyl/N-ethyl adjacent to an activating group) is 1. The van der Waals surface area contributed by atoms with Crippen LogP contribution in [0.15, 0.2) is 30.3 Å². The van der Waals surface area contributed by atoms with E-state index < -0.39 is 36.0 Å². The molecule has 31 heavy (non-hydrogen) atoms. The summed E-state index contributed by atoms with van der Waals surface area (Å²) in [6, 6.07) is 9.49. The third-order valence-electron chi connectivity index (χ3n) is 6.09. The Labute approximate surface area is 185 Å². The second kappa shape index (κ2) is 10.4. The minimum atomic E-state index is -1.14. The fraction of sp³-hybridized carbons (Fsp3) is 0.667. The number of esters is 1. The number of hydrogen-bond donors (Lipinski definition) is 0. The quantitative estimate of drug-likeness (QED) is 0.467. The zero-order chi connectivity index (χ0) is 23.2. The Morgan fingerprint density at radius 2 is 1.90 bits per heavy atom. The van der Waals surface area contributed by atoms with Crippen LogP contribution in [0.2, 0.25) is 0 Å². The maximum Gasteiger partial charge on any atom is 0.411 e. The Morgan fingerprint density at radius 3 is 2.42 bits per heavy atom. The third kappa shape index (κ3) is 6.19. The lowest BCUT2D eigenvalue weighted by molar-refractivity contribution is -0.162. The number of ether oxygens (including phenoxy) is 3. The highest BCUT2D eigenvalue weighted by atomic mass is 19.1. The van der Waals surface area contributed by atoms with Gasteiger partial charge in [-0.1, -0.05) is 51.1 Å². The van der Waals surface area contributed by atoms with Crippen molar-refractivity contribution in [2.75, 3.05) is 20.3 Å². The van der Waals surface area contributed by atoms with E-state index in [2.05, 4.69) is 0 Å². The van der Waals surface area contributed by atoms with Crippen molar-refractivity contribution in [1.29, 1.82) is 0 Å². The van der Waals surface area contributed by atoms with Gasteiger partial charge in [-0.25, -0.2) is 14.0 Å². The van der Waals surface area contributed by atoms with Crippen LogP contribution in [0.5, 0.6) is 0 Å². The van der Waals surface area contributed by atoms with Crippen LogP contribution < -0.4 is 0 Å². The van der Waals surface area contributed by atoms with Gasteiger partial charge in [-0.3, -0.25) is 4.90 Å². The van der Waals surface area contributed by atoms with Crippen molar-refractivity contribution in [2.24, 2.45) is 11.8 Å². The molecule has 1 aromatic rings. The first-order valence-electron chi connectivity index (χ1n) is 10.9. The molecular formula is C24H36FNO5. The maximum atomic E-state index is 13.6. The van der Waals surface area contributed by atoms with Gasteiger partial charge in [-0.15, -0.1) is 0 Å². The number of carbonyl (C=O) groups excluding carboxylic acids is 2. The van der Waals surface area contributed by atoms with Gasteiger partial charge in [0.25, 0.3) is 0 Å². The smallest absolute Gasteiger partial charge is 0.411 e. The molecule has 174 valence electrons. The van der Waals surface area contributed by atoms with Gasteiger partial charge in [0.2, 0.25) is 0 Å². The van der Waals surface area contributed by atoms with Crippen LogP contribution in [0.25, 0.3) is 0 Å². The topological polar surface area (TPSA) is 65.1 Å². The summed E-state index contributed by atoms with van der Waals surface area (Å²) in [5.74, 6) is -0.529. The van der Waals surface area contributed by atoms with Crippen LogP contribution in [0.1, 0.15) is 53.0 Å². The third-order valence-corrected chi connectivity index (χ3v) is 6.09. The summed E-state index contributed by atoms with van der Waals surface area (Å²) in [4.78, 5) is 27.2. The molecule has 0 bridgehead atoms. The fourth-order valence-electron chi connectivity index (χ4n) is 3.61. The molecule has 1 aliphatic carbocycles. The van der Waals surface area contributed by atoms with Crippen molar-refractivity contribution in [3.05, 3.63) is 35.9 Å². The number of hydrogen-bond acceptors (Lipinski definition) is 5.